The summed E-state index contributed by atoms with van der Waals surface area (Å²) in [6, 6.07) is 4.22. The predicted molar refractivity (Wildman–Crippen MR) is 65.0 cm³/mol. The largest absolute Gasteiger partial charge is 0.324 e. The second-order valence-electron chi connectivity index (χ2n) is 3.90. The van der Waals surface area contributed by atoms with Crippen LogP contribution in [0.3, 0.4) is 0 Å². The second kappa shape index (κ2) is 6.31. The van der Waals surface area contributed by atoms with Crippen LogP contribution in [-0.2, 0) is 0 Å². The molecule has 0 spiro atoms. The molecule has 86 valence electrons. The summed E-state index contributed by atoms with van der Waals surface area (Å²) >= 11 is 5.78. The molecule has 4 heteroatoms. The molecule has 0 aromatic heterocycles. The van der Waals surface area contributed by atoms with Crippen LogP contribution in [0.5, 0.6) is 0 Å². The van der Waals surface area contributed by atoms with Gasteiger partial charge in [-0.2, -0.15) is 0 Å². The lowest BCUT2D eigenvalue weighted by molar-refractivity contribution is 0.489. The van der Waals surface area contributed by atoms with Gasteiger partial charge in [0.1, 0.15) is 5.82 Å². The van der Waals surface area contributed by atoms with E-state index in [-0.39, 0.29) is 24.3 Å². The fraction of sp³-hybridized carbons (Fsp3) is 0.455. The van der Waals surface area contributed by atoms with Crippen molar-refractivity contribution in [3.05, 3.63) is 34.6 Å². The molecular weight excluding hydrogens is 236 g/mol. The molecule has 0 aliphatic rings. The lowest BCUT2D eigenvalue weighted by atomic mass is 9.97. The van der Waals surface area contributed by atoms with E-state index in [9.17, 15) is 4.39 Å². The van der Waals surface area contributed by atoms with E-state index in [1.54, 1.807) is 6.07 Å². The van der Waals surface area contributed by atoms with Crippen molar-refractivity contribution in [2.24, 2.45) is 11.7 Å². The first-order chi connectivity index (χ1) is 6.50. The highest BCUT2D eigenvalue weighted by molar-refractivity contribution is 6.30. The molecule has 1 rings (SSSR count). The van der Waals surface area contributed by atoms with Gasteiger partial charge < -0.3 is 5.73 Å². The molecule has 1 nitrogen and oxygen atoms in total. The lowest BCUT2D eigenvalue weighted by Crippen LogP contribution is -2.14. The van der Waals surface area contributed by atoms with E-state index in [1.807, 2.05) is 0 Å². The van der Waals surface area contributed by atoms with E-state index in [2.05, 4.69) is 13.8 Å². The van der Waals surface area contributed by atoms with Gasteiger partial charge in [-0.05, 0) is 30.5 Å². The number of hydrogen-bond acceptors (Lipinski definition) is 1. The van der Waals surface area contributed by atoms with Gasteiger partial charge >= 0.3 is 0 Å². The van der Waals surface area contributed by atoms with Crippen molar-refractivity contribution in [2.45, 2.75) is 26.3 Å². The van der Waals surface area contributed by atoms with E-state index in [0.29, 0.717) is 16.5 Å². The third kappa shape index (κ3) is 4.37. The molecule has 1 aromatic rings. The molecule has 0 saturated heterocycles. The van der Waals surface area contributed by atoms with Gasteiger partial charge in [0.05, 0.1) is 0 Å². The lowest BCUT2D eigenvalue weighted by Gasteiger charge is -2.15. The number of benzene rings is 1. The number of halogens is 3. The summed E-state index contributed by atoms with van der Waals surface area (Å²) in [6.07, 6.45) is 0.761. The maximum absolute atomic E-state index is 13.3. The van der Waals surface area contributed by atoms with Gasteiger partial charge in [-0.25, -0.2) is 4.39 Å². The molecule has 0 radical (unpaired) electrons. The minimum Gasteiger partial charge on any atom is -0.324 e. The van der Waals surface area contributed by atoms with Crippen LogP contribution < -0.4 is 5.73 Å². The van der Waals surface area contributed by atoms with Crippen molar-refractivity contribution in [2.75, 3.05) is 0 Å². The maximum atomic E-state index is 13.3. The molecule has 0 fully saturated rings. The van der Waals surface area contributed by atoms with Gasteiger partial charge in [0, 0.05) is 16.6 Å². The van der Waals surface area contributed by atoms with Crippen molar-refractivity contribution in [3.63, 3.8) is 0 Å². The molecule has 2 N–H and O–H groups in total. The Morgan fingerprint density at radius 3 is 2.53 bits per heavy atom. The average Bonchev–Trinajstić information content (AvgIpc) is 2.08. The fourth-order valence-electron chi connectivity index (χ4n) is 1.43. The van der Waals surface area contributed by atoms with E-state index in [0.717, 1.165) is 6.42 Å². The molecule has 0 amide bonds. The van der Waals surface area contributed by atoms with Gasteiger partial charge in [-0.3, -0.25) is 0 Å². The summed E-state index contributed by atoms with van der Waals surface area (Å²) in [5, 5.41) is 0.528. The van der Waals surface area contributed by atoms with Gasteiger partial charge in [0.15, 0.2) is 0 Å². The molecule has 0 aliphatic carbocycles. The van der Waals surface area contributed by atoms with E-state index in [1.165, 1.54) is 12.1 Å². The highest BCUT2D eigenvalue weighted by atomic mass is 35.5. The molecule has 0 heterocycles. The Kier molecular flexibility index (Phi) is 6.18. The number of rotatable bonds is 3. The van der Waals surface area contributed by atoms with Crippen LogP contribution in [0, 0.1) is 11.7 Å². The molecular formula is C11H16Cl2FN. The van der Waals surface area contributed by atoms with Crippen LogP contribution in [0.1, 0.15) is 31.9 Å². The van der Waals surface area contributed by atoms with Crippen LogP contribution in [0.15, 0.2) is 18.2 Å². The molecule has 1 atom stereocenters. The molecule has 0 aliphatic heterocycles. The van der Waals surface area contributed by atoms with E-state index in [4.69, 9.17) is 17.3 Å². The van der Waals surface area contributed by atoms with Gasteiger partial charge in [0.2, 0.25) is 0 Å². The fourth-order valence-corrected chi connectivity index (χ4v) is 1.61. The minimum atomic E-state index is -0.275. The summed E-state index contributed by atoms with van der Waals surface area (Å²) < 4.78 is 13.3. The third-order valence-corrected chi connectivity index (χ3v) is 2.32. The van der Waals surface area contributed by atoms with Gasteiger partial charge in [-0.15, -0.1) is 12.4 Å². The smallest absolute Gasteiger partial charge is 0.128 e. The summed E-state index contributed by atoms with van der Waals surface area (Å²) in [6.45, 7) is 4.12. The Morgan fingerprint density at radius 2 is 2.00 bits per heavy atom. The summed E-state index contributed by atoms with van der Waals surface area (Å²) in [5.74, 6) is 0.172. The Morgan fingerprint density at radius 1 is 1.40 bits per heavy atom. The zero-order valence-corrected chi connectivity index (χ0v) is 10.4. The maximum Gasteiger partial charge on any atom is 0.128 e. The second-order valence-corrected chi connectivity index (χ2v) is 4.34. The SMILES string of the molecule is CC(C)C[C@H](N)c1cc(Cl)ccc1F.Cl. The van der Waals surface area contributed by atoms with Crippen molar-refractivity contribution in [3.8, 4) is 0 Å². The average molecular weight is 252 g/mol. The Hall–Kier alpha value is -0.310. The van der Waals surface area contributed by atoms with E-state index >= 15 is 0 Å². The number of nitrogens with two attached hydrogens (primary N) is 1. The zero-order chi connectivity index (χ0) is 10.7. The summed E-state index contributed by atoms with van der Waals surface area (Å²) in [5.41, 5.74) is 6.37. The first-order valence-corrected chi connectivity index (χ1v) is 5.09. The molecule has 0 bridgehead atoms. The summed E-state index contributed by atoms with van der Waals surface area (Å²) in [4.78, 5) is 0. The monoisotopic (exact) mass is 251 g/mol. The predicted octanol–water partition coefficient (Wildman–Crippen LogP) is 3.95. The van der Waals surface area contributed by atoms with Crippen LogP contribution in [0.4, 0.5) is 4.39 Å². The van der Waals surface area contributed by atoms with Crippen molar-refractivity contribution in [1.82, 2.24) is 0 Å². The number of hydrogen-bond donors (Lipinski definition) is 1. The first kappa shape index (κ1) is 14.7. The minimum absolute atomic E-state index is 0. The molecule has 15 heavy (non-hydrogen) atoms. The van der Waals surface area contributed by atoms with Crippen LogP contribution in [-0.4, -0.2) is 0 Å². The highest BCUT2D eigenvalue weighted by Gasteiger charge is 2.13. The van der Waals surface area contributed by atoms with Crippen molar-refractivity contribution >= 4 is 24.0 Å². The highest BCUT2D eigenvalue weighted by Crippen LogP contribution is 2.24. The first-order valence-electron chi connectivity index (χ1n) is 4.71. The third-order valence-electron chi connectivity index (χ3n) is 2.08. The summed E-state index contributed by atoms with van der Waals surface area (Å²) in [7, 11) is 0. The Bertz CT molecular complexity index is 315. The quantitative estimate of drug-likeness (QED) is 0.866. The molecule has 0 saturated carbocycles. The van der Waals surface area contributed by atoms with Gasteiger partial charge in [0.25, 0.3) is 0 Å². The Balaban J connectivity index is 0.00000196. The van der Waals surface area contributed by atoms with E-state index < -0.39 is 0 Å². The standard InChI is InChI=1S/C11H15ClFN.ClH/c1-7(2)5-11(14)9-6-8(12)3-4-10(9)13;/h3-4,6-7,11H,5,14H2,1-2H3;1H/t11-;/m0./s1. The molecule has 0 unspecified atom stereocenters. The van der Waals surface area contributed by atoms with Crippen molar-refractivity contribution in [1.29, 1.82) is 0 Å². The van der Waals surface area contributed by atoms with Crippen LogP contribution in [0.25, 0.3) is 0 Å². The zero-order valence-electron chi connectivity index (χ0n) is 8.84. The Labute approximate surface area is 101 Å². The molecule has 1 aromatic carbocycles. The van der Waals surface area contributed by atoms with Crippen LogP contribution in [0.2, 0.25) is 5.02 Å². The van der Waals surface area contributed by atoms with Crippen LogP contribution >= 0.6 is 24.0 Å². The van der Waals surface area contributed by atoms with Gasteiger partial charge in [-0.1, -0.05) is 25.4 Å². The normalized spacial score (nSPS) is 12.4. The van der Waals surface area contributed by atoms with Crippen molar-refractivity contribution < 1.29 is 4.39 Å². The topological polar surface area (TPSA) is 26.0 Å².